The van der Waals surface area contributed by atoms with Crippen molar-refractivity contribution < 1.29 is 9.59 Å². The van der Waals surface area contributed by atoms with E-state index in [1.807, 2.05) is 55.1 Å². The number of benzene rings is 1. The molecule has 0 aliphatic rings. The van der Waals surface area contributed by atoms with Crippen LogP contribution in [-0.4, -0.2) is 41.2 Å². The lowest BCUT2D eigenvalue weighted by atomic mass is 10.2. The normalized spacial score (nSPS) is 10.9. The zero-order chi connectivity index (χ0) is 21.9. The summed E-state index contributed by atoms with van der Waals surface area (Å²) in [6, 6.07) is 9.39. The van der Waals surface area contributed by atoms with Crippen molar-refractivity contribution >= 4 is 58.2 Å². The first-order valence-electron chi connectivity index (χ1n) is 9.89. The molecule has 2 rings (SSSR count). The SMILES string of the molecule is CCCC(=O)Nc1cc(/C=C/C(=O)Nc2ccc(N(CCCl)CCCl)cc2)n(C)c1. The van der Waals surface area contributed by atoms with E-state index in [0.717, 1.165) is 17.8 Å². The number of aryl methyl sites for hydroxylation is 1. The topological polar surface area (TPSA) is 66.4 Å². The standard InChI is InChI=1S/C22H28Cl2N4O2/c1-3-4-21(29)26-18-15-20(27(2)16-18)9-10-22(30)25-17-5-7-19(8-6-17)28(13-11-23)14-12-24/h5-10,15-16H,3-4,11-14H2,1-2H3,(H,25,30)(H,26,29)/b10-9+. The van der Waals surface area contributed by atoms with E-state index in [1.165, 1.54) is 6.08 Å². The lowest BCUT2D eigenvalue weighted by Crippen LogP contribution is -2.27. The molecule has 30 heavy (non-hydrogen) atoms. The Balaban J connectivity index is 1.96. The van der Waals surface area contributed by atoms with E-state index >= 15 is 0 Å². The van der Waals surface area contributed by atoms with Gasteiger partial charge in [0.05, 0.1) is 5.69 Å². The number of hydrogen-bond donors (Lipinski definition) is 2. The molecule has 6 nitrogen and oxygen atoms in total. The highest BCUT2D eigenvalue weighted by Crippen LogP contribution is 2.19. The van der Waals surface area contributed by atoms with Crippen LogP contribution in [0.5, 0.6) is 0 Å². The van der Waals surface area contributed by atoms with Gasteiger partial charge in [-0.3, -0.25) is 9.59 Å². The predicted octanol–water partition coefficient (Wildman–Crippen LogP) is 4.70. The molecule has 0 aliphatic heterocycles. The van der Waals surface area contributed by atoms with E-state index in [0.29, 0.717) is 42.6 Å². The minimum absolute atomic E-state index is 0.0181. The third-order valence-corrected chi connectivity index (χ3v) is 4.76. The van der Waals surface area contributed by atoms with E-state index in [9.17, 15) is 9.59 Å². The number of nitrogens with zero attached hydrogens (tertiary/aromatic N) is 2. The van der Waals surface area contributed by atoms with Crippen molar-refractivity contribution in [3.63, 3.8) is 0 Å². The van der Waals surface area contributed by atoms with Gasteiger partial charge in [-0.05, 0) is 42.8 Å². The van der Waals surface area contributed by atoms with Crippen LogP contribution in [0.25, 0.3) is 6.08 Å². The van der Waals surface area contributed by atoms with Gasteiger partial charge < -0.3 is 20.1 Å². The van der Waals surface area contributed by atoms with Crippen LogP contribution in [0.4, 0.5) is 17.1 Å². The lowest BCUT2D eigenvalue weighted by Gasteiger charge is -2.23. The number of hydrogen-bond acceptors (Lipinski definition) is 3. The van der Waals surface area contributed by atoms with Crippen LogP contribution in [0, 0.1) is 0 Å². The number of anilines is 3. The molecule has 0 saturated heterocycles. The second kappa shape index (κ2) is 12.3. The molecule has 0 bridgehead atoms. The lowest BCUT2D eigenvalue weighted by molar-refractivity contribution is -0.116. The fraction of sp³-hybridized carbons (Fsp3) is 0.364. The molecule has 0 aliphatic carbocycles. The van der Waals surface area contributed by atoms with Crippen LogP contribution >= 0.6 is 23.2 Å². The Bertz CT molecular complexity index is 857. The first-order valence-corrected chi connectivity index (χ1v) is 11.0. The summed E-state index contributed by atoms with van der Waals surface area (Å²) in [5.41, 5.74) is 3.23. The van der Waals surface area contributed by atoms with Crippen molar-refractivity contribution in [1.29, 1.82) is 0 Å². The smallest absolute Gasteiger partial charge is 0.248 e. The Morgan fingerprint density at radius 2 is 1.73 bits per heavy atom. The Morgan fingerprint density at radius 3 is 2.33 bits per heavy atom. The van der Waals surface area contributed by atoms with Crippen LogP contribution in [0.15, 0.2) is 42.6 Å². The van der Waals surface area contributed by atoms with Gasteiger partial charge in [-0.15, -0.1) is 23.2 Å². The molecule has 2 aromatic rings. The zero-order valence-corrected chi connectivity index (χ0v) is 18.8. The van der Waals surface area contributed by atoms with Gasteiger partial charge in [0.25, 0.3) is 0 Å². The maximum atomic E-state index is 12.3. The van der Waals surface area contributed by atoms with Crippen LogP contribution in [0.3, 0.4) is 0 Å². The van der Waals surface area contributed by atoms with E-state index in [2.05, 4.69) is 15.5 Å². The second-order valence-corrected chi connectivity index (χ2v) is 7.55. The average molecular weight is 451 g/mol. The van der Waals surface area contributed by atoms with Crippen molar-refractivity contribution in [3.8, 4) is 0 Å². The molecular weight excluding hydrogens is 423 g/mol. The van der Waals surface area contributed by atoms with Gasteiger partial charge in [-0.25, -0.2) is 0 Å². The number of nitrogens with one attached hydrogen (secondary N) is 2. The Hall–Kier alpha value is -2.44. The number of carbonyl (C=O) groups is 2. The van der Waals surface area contributed by atoms with Gasteiger partial charge in [0.1, 0.15) is 0 Å². The molecule has 0 radical (unpaired) electrons. The number of carbonyl (C=O) groups excluding carboxylic acids is 2. The van der Waals surface area contributed by atoms with E-state index < -0.39 is 0 Å². The monoisotopic (exact) mass is 450 g/mol. The molecule has 1 aromatic carbocycles. The second-order valence-electron chi connectivity index (χ2n) is 6.80. The number of rotatable bonds is 11. The number of halogens is 2. The fourth-order valence-corrected chi connectivity index (χ4v) is 3.35. The molecule has 2 amide bonds. The van der Waals surface area contributed by atoms with Gasteiger partial charge in [0.2, 0.25) is 11.8 Å². The van der Waals surface area contributed by atoms with Crippen molar-refractivity contribution in [2.24, 2.45) is 7.05 Å². The predicted molar refractivity (Wildman–Crippen MR) is 127 cm³/mol. The van der Waals surface area contributed by atoms with E-state index in [-0.39, 0.29) is 11.8 Å². The van der Waals surface area contributed by atoms with Crippen LogP contribution in [-0.2, 0) is 16.6 Å². The minimum atomic E-state index is -0.237. The Kier molecular flexibility index (Phi) is 9.77. The summed E-state index contributed by atoms with van der Waals surface area (Å²) in [4.78, 5) is 26.1. The van der Waals surface area contributed by atoms with Gasteiger partial charge in [-0.1, -0.05) is 6.92 Å². The molecule has 1 heterocycles. The summed E-state index contributed by atoms with van der Waals surface area (Å²) in [6.07, 6.45) is 6.27. The first-order chi connectivity index (χ1) is 14.5. The molecule has 8 heteroatoms. The number of aromatic nitrogens is 1. The third kappa shape index (κ3) is 7.43. The van der Waals surface area contributed by atoms with Gasteiger partial charge >= 0.3 is 0 Å². The highest BCUT2D eigenvalue weighted by molar-refractivity contribution is 6.18. The van der Waals surface area contributed by atoms with Crippen molar-refractivity contribution in [2.45, 2.75) is 19.8 Å². The quantitative estimate of drug-likeness (QED) is 0.385. The highest BCUT2D eigenvalue weighted by atomic mass is 35.5. The third-order valence-electron chi connectivity index (χ3n) is 4.42. The fourth-order valence-electron chi connectivity index (χ4n) is 2.94. The van der Waals surface area contributed by atoms with Crippen molar-refractivity contribution in [2.75, 3.05) is 40.4 Å². The summed E-state index contributed by atoms with van der Waals surface area (Å²) in [5, 5.41) is 5.69. The molecule has 0 fully saturated rings. The maximum absolute atomic E-state index is 12.3. The molecule has 2 N–H and O–H groups in total. The number of alkyl halides is 2. The molecule has 0 unspecified atom stereocenters. The largest absolute Gasteiger partial charge is 0.369 e. The average Bonchev–Trinajstić information content (AvgIpc) is 3.06. The maximum Gasteiger partial charge on any atom is 0.248 e. The summed E-state index contributed by atoms with van der Waals surface area (Å²) in [6.45, 7) is 3.38. The molecular formula is C22H28Cl2N4O2. The minimum Gasteiger partial charge on any atom is -0.369 e. The first kappa shape index (κ1) is 23.8. The van der Waals surface area contributed by atoms with Gasteiger partial charge in [-0.2, -0.15) is 0 Å². The van der Waals surface area contributed by atoms with Crippen LogP contribution in [0.2, 0.25) is 0 Å². The molecule has 1 aromatic heterocycles. The van der Waals surface area contributed by atoms with E-state index in [1.54, 1.807) is 6.08 Å². The van der Waals surface area contributed by atoms with Crippen molar-refractivity contribution in [3.05, 3.63) is 48.3 Å². The number of amides is 2. The van der Waals surface area contributed by atoms with Crippen molar-refractivity contribution in [1.82, 2.24) is 4.57 Å². The molecule has 0 atom stereocenters. The Morgan fingerprint density at radius 1 is 1.07 bits per heavy atom. The summed E-state index contributed by atoms with van der Waals surface area (Å²) >= 11 is 11.7. The summed E-state index contributed by atoms with van der Waals surface area (Å²) < 4.78 is 1.85. The van der Waals surface area contributed by atoms with Crippen LogP contribution in [0.1, 0.15) is 25.5 Å². The van der Waals surface area contributed by atoms with Gasteiger partial charge in [0, 0.05) is 67.7 Å². The summed E-state index contributed by atoms with van der Waals surface area (Å²) in [7, 11) is 1.86. The molecule has 0 spiro atoms. The van der Waals surface area contributed by atoms with E-state index in [4.69, 9.17) is 23.2 Å². The van der Waals surface area contributed by atoms with Crippen LogP contribution < -0.4 is 15.5 Å². The molecule has 0 saturated carbocycles. The molecule has 162 valence electrons. The summed E-state index contributed by atoms with van der Waals surface area (Å²) in [5.74, 6) is 0.779. The Labute approximate surface area is 187 Å². The van der Waals surface area contributed by atoms with Gasteiger partial charge in [0.15, 0.2) is 0 Å². The highest BCUT2D eigenvalue weighted by Gasteiger charge is 2.07. The zero-order valence-electron chi connectivity index (χ0n) is 17.3.